The minimum Gasteiger partial charge on any atom is -0.345 e. The number of carbonyl (C=O) groups excluding carboxylic acids is 2. The normalized spacial score (nSPS) is 13.5. The van der Waals surface area contributed by atoms with E-state index in [2.05, 4.69) is 0 Å². The third-order valence-electron chi connectivity index (χ3n) is 4.69. The fourth-order valence-corrected chi connectivity index (χ4v) is 3.49. The van der Waals surface area contributed by atoms with Crippen molar-refractivity contribution < 1.29 is 53.5 Å². The first-order chi connectivity index (χ1) is 17.3. The predicted octanol–water partition coefficient (Wildman–Crippen LogP) is 6.92. The number of allylic oxidation sites excluding steroid dienone is 1. The second-order valence-electron chi connectivity index (χ2n) is 7.55. The fourth-order valence-electron chi connectivity index (χ4n) is 2.99. The van der Waals surface area contributed by atoms with Crippen LogP contribution in [0.5, 0.6) is 0 Å². The molecular formula is C22H14Cl2F10N2O2. The second kappa shape index (κ2) is 11.8. The van der Waals surface area contributed by atoms with Gasteiger partial charge in [-0.15, -0.1) is 0 Å². The lowest BCUT2D eigenvalue weighted by Crippen LogP contribution is -2.41. The molecule has 1 atom stereocenters. The Morgan fingerprint density at radius 1 is 0.895 bits per heavy atom. The summed E-state index contributed by atoms with van der Waals surface area (Å²) in [5, 5.41) is 1.72. The number of hydrogen-bond donors (Lipinski definition) is 2. The van der Waals surface area contributed by atoms with Crippen LogP contribution in [0, 0.1) is 5.82 Å². The van der Waals surface area contributed by atoms with Crippen LogP contribution in [-0.4, -0.2) is 37.3 Å². The maximum absolute atomic E-state index is 13.6. The molecule has 2 aromatic rings. The van der Waals surface area contributed by atoms with Gasteiger partial charge in [-0.05, 0) is 35.4 Å². The number of amides is 2. The lowest BCUT2D eigenvalue weighted by molar-refractivity contribution is -0.139. The van der Waals surface area contributed by atoms with Gasteiger partial charge in [-0.3, -0.25) is 9.59 Å². The maximum atomic E-state index is 13.6. The van der Waals surface area contributed by atoms with Crippen molar-refractivity contribution in [3.63, 3.8) is 0 Å². The van der Waals surface area contributed by atoms with Gasteiger partial charge < -0.3 is 10.6 Å². The van der Waals surface area contributed by atoms with Crippen molar-refractivity contribution in [2.75, 3.05) is 13.1 Å². The molecule has 2 rings (SSSR count). The summed E-state index contributed by atoms with van der Waals surface area (Å²) in [7, 11) is 0. The standard InChI is InChI=1S/C22H14Cl2F10N2O2/c23-15-6-11(7-16(24)18(15)25)13(21(29,30)31)4-2-10-1-3-12(14(5-10)22(32,33)34)19(38)35-8-17(37)36-9-20(26,27)28/h1-7,13H,8-9H2,(H,35,38)(H,36,37). The fraction of sp³-hybridized carbons (Fsp3) is 0.273. The summed E-state index contributed by atoms with van der Waals surface area (Å²) in [5.74, 6) is -6.42. The third-order valence-corrected chi connectivity index (χ3v) is 5.24. The van der Waals surface area contributed by atoms with E-state index in [9.17, 15) is 53.5 Å². The van der Waals surface area contributed by atoms with Gasteiger partial charge in [0.1, 0.15) is 6.54 Å². The molecule has 0 spiro atoms. The van der Waals surface area contributed by atoms with Crippen LogP contribution in [0.15, 0.2) is 36.4 Å². The molecule has 0 aliphatic rings. The zero-order valence-electron chi connectivity index (χ0n) is 18.4. The van der Waals surface area contributed by atoms with Crippen molar-refractivity contribution in [1.29, 1.82) is 0 Å². The lowest BCUT2D eigenvalue weighted by atomic mass is 9.96. The number of nitrogens with one attached hydrogen (secondary N) is 2. The van der Waals surface area contributed by atoms with Crippen molar-refractivity contribution >= 4 is 41.1 Å². The van der Waals surface area contributed by atoms with E-state index >= 15 is 0 Å². The van der Waals surface area contributed by atoms with Gasteiger partial charge in [0.25, 0.3) is 5.91 Å². The first-order valence-corrected chi connectivity index (χ1v) is 10.8. The van der Waals surface area contributed by atoms with Crippen molar-refractivity contribution in [2.45, 2.75) is 24.4 Å². The van der Waals surface area contributed by atoms with E-state index in [-0.39, 0.29) is 0 Å². The van der Waals surface area contributed by atoms with Gasteiger partial charge in [-0.2, -0.15) is 39.5 Å². The molecule has 0 heterocycles. The van der Waals surface area contributed by atoms with Crippen LogP contribution in [-0.2, 0) is 11.0 Å². The Hall–Kier alpha value is -3.00. The lowest BCUT2D eigenvalue weighted by Gasteiger charge is -2.18. The molecule has 0 saturated heterocycles. The molecule has 38 heavy (non-hydrogen) atoms. The van der Waals surface area contributed by atoms with Gasteiger partial charge >= 0.3 is 18.5 Å². The number of benzene rings is 2. The Balaban J connectivity index is 2.33. The highest BCUT2D eigenvalue weighted by molar-refractivity contribution is 6.35. The van der Waals surface area contributed by atoms with Gasteiger partial charge in [0, 0.05) is 0 Å². The van der Waals surface area contributed by atoms with E-state index in [1.807, 2.05) is 0 Å². The Kier molecular flexibility index (Phi) is 9.70. The highest BCUT2D eigenvalue weighted by Gasteiger charge is 2.40. The average Bonchev–Trinajstić information content (AvgIpc) is 2.77. The van der Waals surface area contributed by atoms with Crippen LogP contribution in [0.25, 0.3) is 6.08 Å². The van der Waals surface area contributed by atoms with Gasteiger partial charge in [-0.25, -0.2) is 4.39 Å². The minimum atomic E-state index is -5.18. The molecule has 1 unspecified atom stereocenters. The number of hydrogen-bond acceptors (Lipinski definition) is 2. The van der Waals surface area contributed by atoms with Crippen molar-refractivity contribution in [1.82, 2.24) is 10.6 Å². The van der Waals surface area contributed by atoms with Crippen LogP contribution in [0.2, 0.25) is 10.0 Å². The van der Waals surface area contributed by atoms with E-state index in [0.29, 0.717) is 36.4 Å². The molecule has 0 aliphatic carbocycles. The molecule has 0 bridgehead atoms. The van der Waals surface area contributed by atoms with Crippen molar-refractivity contribution in [3.8, 4) is 0 Å². The highest BCUT2D eigenvalue weighted by atomic mass is 35.5. The van der Waals surface area contributed by atoms with Gasteiger partial charge in [-0.1, -0.05) is 41.4 Å². The number of carbonyl (C=O) groups is 2. The first-order valence-electron chi connectivity index (χ1n) is 10.0. The third kappa shape index (κ3) is 8.79. The Morgan fingerprint density at radius 3 is 1.97 bits per heavy atom. The minimum absolute atomic E-state index is 0.354. The number of halogens is 12. The zero-order chi connectivity index (χ0) is 29.1. The van der Waals surface area contributed by atoms with Crippen LogP contribution >= 0.6 is 23.2 Å². The summed E-state index contributed by atoms with van der Waals surface area (Å²) in [6.45, 7) is -2.81. The van der Waals surface area contributed by atoms with E-state index in [0.717, 1.165) is 6.07 Å². The van der Waals surface area contributed by atoms with E-state index in [4.69, 9.17) is 23.2 Å². The molecule has 0 aromatic heterocycles. The van der Waals surface area contributed by atoms with Crippen molar-refractivity contribution in [3.05, 3.63) is 74.5 Å². The summed E-state index contributed by atoms with van der Waals surface area (Å²) < 4.78 is 131. The van der Waals surface area contributed by atoms with Gasteiger partial charge in [0.15, 0.2) is 5.82 Å². The van der Waals surface area contributed by atoms with Crippen molar-refractivity contribution in [2.24, 2.45) is 0 Å². The van der Waals surface area contributed by atoms with E-state index in [1.54, 1.807) is 5.32 Å². The Labute approximate surface area is 217 Å². The largest absolute Gasteiger partial charge is 0.417 e. The van der Waals surface area contributed by atoms with Gasteiger partial charge in [0.2, 0.25) is 5.91 Å². The molecule has 16 heteroatoms. The molecule has 2 N–H and O–H groups in total. The molecule has 2 amide bonds. The SMILES string of the molecule is O=C(CNC(=O)c1ccc(C=CC(c2cc(Cl)c(F)c(Cl)c2)C(F)(F)F)cc1C(F)(F)F)NCC(F)(F)F. The molecule has 0 saturated carbocycles. The topological polar surface area (TPSA) is 58.2 Å². The van der Waals surface area contributed by atoms with E-state index < -0.39 is 87.5 Å². The second-order valence-corrected chi connectivity index (χ2v) is 8.37. The summed E-state index contributed by atoms with van der Waals surface area (Å²) in [6.07, 6.45) is -13.8. The van der Waals surface area contributed by atoms with Crippen LogP contribution in [0.4, 0.5) is 43.9 Å². The zero-order valence-corrected chi connectivity index (χ0v) is 19.9. The monoisotopic (exact) mass is 598 g/mol. The molecule has 4 nitrogen and oxygen atoms in total. The summed E-state index contributed by atoms with van der Waals surface area (Å²) >= 11 is 11.1. The molecular weight excluding hydrogens is 585 g/mol. The smallest absolute Gasteiger partial charge is 0.345 e. The Morgan fingerprint density at radius 2 is 1.47 bits per heavy atom. The van der Waals surface area contributed by atoms with E-state index in [1.165, 1.54) is 5.32 Å². The van der Waals surface area contributed by atoms with Gasteiger partial charge in [0.05, 0.1) is 33.6 Å². The number of alkyl halides is 9. The maximum Gasteiger partial charge on any atom is 0.417 e. The molecule has 208 valence electrons. The quantitative estimate of drug-likeness (QED) is 0.268. The summed E-state index contributed by atoms with van der Waals surface area (Å²) in [6, 6.07) is 3.14. The highest BCUT2D eigenvalue weighted by Crippen LogP contribution is 2.40. The molecule has 0 fully saturated rings. The molecule has 2 aromatic carbocycles. The van der Waals surface area contributed by atoms with Crippen LogP contribution in [0.1, 0.15) is 33.0 Å². The first kappa shape index (κ1) is 31.2. The Bertz CT molecular complexity index is 1200. The number of rotatable bonds is 7. The summed E-state index contributed by atoms with van der Waals surface area (Å²) in [5.41, 5.74) is -3.65. The summed E-state index contributed by atoms with van der Waals surface area (Å²) in [4.78, 5) is 23.5. The molecule has 0 aliphatic heterocycles. The predicted molar refractivity (Wildman–Crippen MR) is 117 cm³/mol. The van der Waals surface area contributed by atoms with Crippen LogP contribution in [0.3, 0.4) is 0 Å². The average molecular weight is 599 g/mol. The molecule has 0 radical (unpaired) electrons. The van der Waals surface area contributed by atoms with Crippen LogP contribution < -0.4 is 10.6 Å².